The van der Waals surface area contributed by atoms with Gasteiger partial charge in [-0.25, -0.2) is 4.99 Å². The Hall–Kier alpha value is -7.88. The lowest BCUT2D eigenvalue weighted by atomic mass is 9.82. The maximum atomic E-state index is 6.96. The van der Waals surface area contributed by atoms with Gasteiger partial charge in [-0.05, 0) is 139 Å². The Morgan fingerprint density at radius 3 is 2.04 bits per heavy atom. The molecule has 0 N–H and O–H groups in total. The van der Waals surface area contributed by atoms with Crippen molar-refractivity contribution in [3.05, 3.63) is 240 Å². The maximum Gasteiger partial charge on any atom is 0.155 e. The fraction of sp³-hybridized carbons (Fsp3) is 0.138. The van der Waals surface area contributed by atoms with Gasteiger partial charge in [-0.2, -0.15) is 0 Å². The molecule has 1 aliphatic carbocycles. The Bertz CT molecular complexity index is 3780. The summed E-state index contributed by atoms with van der Waals surface area (Å²) in [5.41, 5.74) is 15.0. The van der Waals surface area contributed by atoms with Crippen LogP contribution in [0.1, 0.15) is 79.0 Å². The van der Waals surface area contributed by atoms with E-state index in [0.717, 1.165) is 63.9 Å². The molecule has 3 heteroatoms. The molecule has 11 aromatic rings. The highest BCUT2D eigenvalue weighted by Crippen LogP contribution is 2.48. The summed E-state index contributed by atoms with van der Waals surface area (Å²) < 4.78 is 6.96. The molecule has 328 valence electrons. The standard InChI is InChI=1S/C65H52N2O/c1-4-41(2)63(51-25-16-24-47(36-51)43-17-6-5-7-18-43)67-65(52-30-29-44-19-8-9-21-46(44)37-52)66-42(3)53-39-59(64-60(40-53)56-27-14-15-28-61(56)68-64)55-33-32-50-35-48-22-10-11-23-49(48)38-58(50)62-54-26-13-12-20-45(54)31-34-57(55)62/h5-31,34-41,55,63H,4,32-33H2,1-3H3/b66-42+,67-65-. The second kappa shape index (κ2) is 17.4. The van der Waals surface area contributed by atoms with Crippen LogP contribution in [-0.2, 0) is 6.42 Å². The van der Waals surface area contributed by atoms with Gasteiger partial charge in [0.15, 0.2) is 5.84 Å². The molecule has 1 aromatic heterocycles. The van der Waals surface area contributed by atoms with E-state index in [9.17, 15) is 0 Å². The van der Waals surface area contributed by atoms with Crippen molar-refractivity contribution in [2.75, 3.05) is 0 Å². The van der Waals surface area contributed by atoms with Gasteiger partial charge in [0.25, 0.3) is 0 Å². The first-order chi connectivity index (χ1) is 33.5. The summed E-state index contributed by atoms with van der Waals surface area (Å²) in [6.45, 7) is 6.74. The number of fused-ring (bicyclic) bond motifs is 10. The van der Waals surface area contributed by atoms with Crippen LogP contribution in [0, 0.1) is 5.92 Å². The zero-order valence-corrected chi connectivity index (χ0v) is 38.8. The van der Waals surface area contributed by atoms with Crippen LogP contribution in [0.5, 0.6) is 0 Å². The van der Waals surface area contributed by atoms with Crippen molar-refractivity contribution in [3.63, 3.8) is 0 Å². The van der Waals surface area contributed by atoms with E-state index in [2.05, 4.69) is 227 Å². The number of aryl methyl sites for hydroxylation is 1. The average Bonchev–Trinajstić information content (AvgIpc) is 3.70. The van der Waals surface area contributed by atoms with E-state index < -0.39 is 0 Å². The molecule has 1 aliphatic rings. The van der Waals surface area contributed by atoms with Gasteiger partial charge in [-0.1, -0.05) is 190 Å². The first-order valence-corrected chi connectivity index (χ1v) is 24.2. The molecule has 0 bridgehead atoms. The van der Waals surface area contributed by atoms with Crippen molar-refractivity contribution in [3.8, 4) is 22.3 Å². The van der Waals surface area contributed by atoms with Crippen molar-refractivity contribution in [1.29, 1.82) is 0 Å². The smallest absolute Gasteiger partial charge is 0.155 e. The molecule has 0 saturated carbocycles. The molecule has 0 spiro atoms. The van der Waals surface area contributed by atoms with Crippen molar-refractivity contribution in [2.24, 2.45) is 15.9 Å². The molecule has 0 radical (unpaired) electrons. The third-order valence-electron chi connectivity index (χ3n) is 14.6. The second-order valence-electron chi connectivity index (χ2n) is 18.8. The number of hydrogen-bond donors (Lipinski definition) is 0. The Morgan fingerprint density at radius 1 is 0.559 bits per heavy atom. The second-order valence-corrected chi connectivity index (χ2v) is 18.8. The lowest BCUT2D eigenvalue weighted by Gasteiger charge is -2.22. The first kappa shape index (κ1) is 41.5. The Labute approximate surface area is 398 Å². The molecule has 0 amide bonds. The Kier molecular flexibility index (Phi) is 10.6. The SMILES string of the molecule is CCC(C)C(/N=C(\N=C(/C)c1cc(C2CCc3cc4ccccc4cc3-c3c2ccc2ccccc32)c2oc3ccccc3c2c1)c1ccc2ccccc2c1)c1cccc(-c2ccccc2)c1. The fourth-order valence-corrected chi connectivity index (χ4v) is 10.8. The fourth-order valence-electron chi connectivity index (χ4n) is 10.8. The van der Waals surface area contributed by atoms with Crippen molar-refractivity contribution < 1.29 is 4.42 Å². The molecule has 0 saturated heterocycles. The summed E-state index contributed by atoms with van der Waals surface area (Å²) >= 11 is 0. The van der Waals surface area contributed by atoms with Crippen molar-refractivity contribution in [2.45, 2.75) is 52.0 Å². The van der Waals surface area contributed by atoms with E-state index in [1.807, 2.05) is 0 Å². The summed E-state index contributed by atoms with van der Waals surface area (Å²) in [5, 5.41) is 9.65. The molecule has 10 aromatic carbocycles. The molecule has 1 heterocycles. The number of furan rings is 1. The van der Waals surface area contributed by atoms with Gasteiger partial charge < -0.3 is 4.42 Å². The van der Waals surface area contributed by atoms with E-state index in [1.165, 1.54) is 76.8 Å². The third-order valence-corrected chi connectivity index (χ3v) is 14.6. The van der Waals surface area contributed by atoms with Crippen LogP contribution in [0.4, 0.5) is 0 Å². The van der Waals surface area contributed by atoms with Crippen LogP contribution >= 0.6 is 0 Å². The van der Waals surface area contributed by atoms with E-state index in [4.69, 9.17) is 14.4 Å². The van der Waals surface area contributed by atoms with E-state index in [0.29, 0.717) is 0 Å². The van der Waals surface area contributed by atoms with Gasteiger partial charge in [-0.15, -0.1) is 0 Å². The first-order valence-electron chi connectivity index (χ1n) is 24.2. The van der Waals surface area contributed by atoms with Gasteiger partial charge in [0.1, 0.15) is 11.2 Å². The number of rotatable bonds is 8. The number of hydrogen-bond acceptors (Lipinski definition) is 2. The highest BCUT2D eigenvalue weighted by molar-refractivity contribution is 6.15. The van der Waals surface area contributed by atoms with Crippen LogP contribution in [0.15, 0.2) is 221 Å². The van der Waals surface area contributed by atoms with Crippen molar-refractivity contribution >= 4 is 65.8 Å². The molecule has 12 rings (SSSR count). The molecular formula is C65H52N2O. The summed E-state index contributed by atoms with van der Waals surface area (Å²) in [6, 6.07) is 75.1. The zero-order valence-electron chi connectivity index (χ0n) is 38.8. The molecule has 0 fully saturated rings. The number of para-hydroxylation sites is 1. The Balaban J connectivity index is 1.06. The maximum absolute atomic E-state index is 6.96. The molecule has 3 unspecified atom stereocenters. The minimum Gasteiger partial charge on any atom is -0.456 e. The van der Waals surface area contributed by atoms with Crippen LogP contribution in [0.3, 0.4) is 0 Å². The average molecular weight is 877 g/mol. The summed E-state index contributed by atoms with van der Waals surface area (Å²) in [7, 11) is 0. The Morgan fingerprint density at radius 2 is 1.24 bits per heavy atom. The molecular weight excluding hydrogens is 825 g/mol. The van der Waals surface area contributed by atoms with Gasteiger partial charge in [0.05, 0.1) is 6.04 Å². The monoisotopic (exact) mass is 876 g/mol. The van der Waals surface area contributed by atoms with Gasteiger partial charge in [0, 0.05) is 33.5 Å². The summed E-state index contributed by atoms with van der Waals surface area (Å²) in [4.78, 5) is 11.4. The highest BCUT2D eigenvalue weighted by Gasteiger charge is 2.29. The molecule has 68 heavy (non-hydrogen) atoms. The largest absolute Gasteiger partial charge is 0.456 e. The minimum atomic E-state index is -0.117. The number of benzene rings is 10. The lowest BCUT2D eigenvalue weighted by Crippen LogP contribution is -2.12. The van der Waals surface area contributed by atoms with Gasteiger partial charge >= 0.3 is 0 Å². The lowest BCUT2D eigenvalue weighted by molar-refractivity contribution is 0.459. The zero-order chi connectivity index (χ0) is 45.7. The van der Waals surface area contributed by atoms with Crippen LogP contribution < -0.4 is 0 Å². The molecule has 0 aliphatic heterocycles. The summed E-state index contributed by atoms with van der Waals surface area (Å²) in [6.07, 6.45) is 2.85. The minimum absolute atomic E-state index is 0.0567. The predicted octanol–water partition coefficient (Wildman–Crippen LogP) is 17.5. The molecule has 3 nitrogen and oxygen atoms in total. The van der Waals surface area contributed by atoms with Crippen LogP contribution in [-0.4, -0.2) is 11.5 Å². The van der Waals surface area contributed by atoms with E-state index >= 15 is 0 Å². The predicted molar refractivity (Wildman–Crippen MR) is 288 cm³/mol. The van der Waals surface area contributed by atoms with E-state index in [1.54, 1.807) is 0 Å². The van der Waals surface area contributed by atoms with Crippen LogP contribution in [0.25, 0.3) is 76.5 Å². The normalized spacial score (nSPS) is 15.1. The number of aliphatic imine (C=N–C) groups is 2. The van der Waals surface area contributed by atoms with Gasteiger partial charge in [-0.3, -0.25) is 4.99 Å². The summed E-state index contributed by atoms with van der Waals surface area (Å²) in [5.74, 6) is 1.05. The van der Waals surface area contributed by atoms with E-state index in [-0.39, 0.29) is 17.9 Å². The number of nitrogens with zero attached hydrogens (tertiary/aromatic N) is 2. The number of amidine groups is 1. The third kappa shape index (κ3) is 7.49. The van der Waals surface area contributed by atoms with Crippen molar-refractivity contribution in [1.82, 2.24) is 0 Å². The molecule has 3 atom stereocenters. The van der Waals surface area contributed by atoms with Gasteiger partial charge in [0.2, 0.25) is 0 Å². The quantitative estimate of drug-likeness (QED) is 0.111. The highest BCUT2D eigenvalue weighted by atomic mass is 16.3. The topological polar surface area (TPSA) is 37.9 Å². The van der Waals surface area contributed by atoms with Crippen LogP contribution in [0.2, 0.25) is 0 Å².